The number of likely N-dealkylation sites (tertiary alicyclic amines) is 1. The number of nitrogens with zero attached hydrogens (tertiary/aromatic N) is 2. The summed E-state index contributed by atoms with van der Waals surface area (Å²) in [6.07, 6.45) is 12.9. The molecule has 2 amide bonds. The molecule has 3 fully saturated rings. The molecule has 3 aliphatic rings. The lowest BCUT2D eigenvalue weighted by Gasteiger charge is -2.32. The van der Waals surface area contributed by atoms with Crippen molar-refractivity contribution in [2.45, 2.75) is 76.4 Å². The molecule has 2 saturated carbocycles. The van der Waals surface area contributed by atoms with Crippen molar-refractivity contribution in [3.63, 3.8) is 0 Å². The molecular weight excluding hydrogens is 452 g/mol. The van der Waals surface area contributed by atoms with Crippen LogP contribution in [-0.2, 0) is 6.54 Å². The molecule has 0 bridgehead atoms. The van der Waals surface area contributed by atoms with E-state index in [0.29, 0.717) is 12.5 Å². The van der Waals surface area contributed by atoms with E-state index in [4.69, 9.17) is 0 Å². The molecule has 1 aromatic carbocycles. The molecular formula is C29H38N4O3. The van der Waals surface area contributed by atoms with Crippen molar-refractivity contribution in [1.82, 2.24) is 20.1 Å². The number of benzene rings is 1. The molecule has 7 nitrogen and oxygen atoms in total. The maximum Gasteiger partial charge on any atom is 0.256 e. The van der Waals surface area contributed by atoms with Crippen LogP contribution in [0.2, 0.25) is 0 Å². The number of amides is 2. The van der Waals surface area contributed by atoms with Crippen molar-refractivity contribution in [2.75, 3.05) is 19.6 Å². The highest BCUT2D eigenvalue weighted by Crippen LogP contribution is 2.34. The van der Waals surface area contributed by atoms with Gasteiger partial charge in [0.2, 0.25) is 5.43 Å². The third-order valence-corrected chi connectivity index (χ3v) is 7.95. The van der Waals surface area contributed by atoms with Gasteiger partial charge in [-0.05, 0) is 50.0 Å². The Morgan fingerprint density at radius 1 is 0.833 bits per heavy atom. The van der Waals surface area contributed by atoms with Gasteiger partial charge < -0.3 is 15.2 Å². The van der Waals surface area contributed by atoms with Crippen molar-refractivity contribution < 1.29 is 9.59 Å². The quantitative estimate of drug-likeness (QED) is 0.588. The summed E-state index contributed by atoms with van der Waals surface area (Å²) in [5.74, 6) is -0.241. The van der Waals surface area contributed by atoms with Gasteiger partial charge in [-0.25, -0.2) is 0 Å². The molecule has 5 rings (SSSR count). The van der Waals surface area contributed by atoms with Crippen molar-refractivity contribution >= 4 is 11.8 Å². The van der Waals surface area contributed by atoms with Crippen molar-refractivity contribution in [3.05, 3.63) is 69.6 Å². The van der Waals surface area contributed by atoms with Crippen LogP contribution >= 0.6 is 0 Å². The normalized spacial score (nSPS) is 19.7. The summed E-state index contributed by atoms with van der Waals surface area (Å²) in [5, 5.41) is 6.07. The third-order valence-electron chi connectivity index (χ3n) is 7.95. The minimum Gasteiger partial charge on any atom is -0.352 e. The number of pyridine rings is 1. The van der Waals surface area contributed by atoms with Gasteiger partial charge in [-0.2, -0.15) is 0 Å². The Morgan fingerprint density at radius 3 is 2.17 bits per heavy atom. The van der Waals surface area contributed by atoms with Crippen LogP contribution < -0.4 is 16.1 Å². The summed E-state index contributed by atoms with van der Waals surface area (Å²) in [7, 11) is 0. The van der Waals surface area contributed by atoms with Gasteiger partial charge in [0.15, 0.2) is 0 Å². The highest BCUT2D eigenvalue weighted by molar-refractivity contribution is 5.99. The average Bonchev–Trinajstić information content (AvgIpc) is 3.75. The topological polar surface area (TPSA) is 83.4 Å². The fraction of sp³-hybridized carbons (Fsp3) is 0.552. The van der Waals surface area contributed by atoms with Gasteiger partial charge in [0.25, 0.3) is 11.8 Å². The molecule has 1 saturated heterocycles. The lowest BCUT2D eigenvalue weighted by molar-refractivity contribution is 0.0907. The summed E-state index contributed by atoms with van der Waals surface area (Å²) in [6, 6.07) is 10.7. The molecule has 0 spiro atoms. The van der Waals surface area contributed by atoms with Crippen molar-refractivity contribution in [3.8, 4) is 0 Å². The van der Waals surface area contributed by atoms with Gasteiger partial charge in [0, 0.05) is 50.7 Å². The standard InChI is InChI=1S/C29H38N4O3/c34-27-25(28(35)30-17-21-7-3-1-4-8-21)19-33(24-11-12-24)20-26(27)29(36)31-23-13-15-32(16-14-23)18-22-9-5-2-6-10-22/h2,5-6,9-10,19-21,23-24H,1,3-4,7-8,11-18H2,(H,30,35)(H,31,36). The predicted molar refractivity (Wildman–Crippen MR) is 140 cm³/mol. The van der Waals surface area contributed by atoms with E-state index in [2.05, 4.69) is 39.8 Å². The number of piperidine rings is 1. The van der Waals surface area contributed by atoms with Crippen molar-refractivity contribution in [1.29, 1.82) is 0 Å². The Bertz CT molecular complexity index is 1110. The number of aromatic nitrogens is 1. The zero-order valence-corrected chi connectivity index (χ0v) is 21.1. The second kappa shape index (κ2) is 11.4. The molecule has 2 aliphatic carbocycles. The number of carbonyl (C=O) groups is 2. The first-order valence-electron chi connectivity index (χ1n) is 13.7. The summed E-state index contributed by atoms with van der Waals surface area (Å²) < 4.78 is 1.90. The Labute approximate surface area is 213 Å². The van der Waals surface area contributed by atoms with E-state index in [1.165, 1.54) is 24.8 Å². The van der Waals surface area contributed by atoms with E-state index < -0.39 is 5.43 Å². The lowest BCUT2D eigenvalue weighted by atomic mass is 9.89. The molecule has 2 N–H and O–H groups in total. The number of nitrogens with one attached hydrogen (secondary N) is 2. The minimum atomic E-state index is -0.466. The second-order valence-electron chi connectivity index (χ2n) is 10.8. The fourth-order valence-electron chi connectivity index (χ4n) is 5.57. The predicted octanol–water partition coefficient (Wildman–Crippen LogP) is 3.89. The van der Waals surface area contributed by atoms with Gasteiger partial charge in [-0.15, -0.1) is 0 Å². The first-order valence-corrected chi connectivity index (χ1v) is 13.7. The molecule has 2 aromatic rings. The minimum absolute atomic E-state index is 0.0297. The van der Waals surface area contributed by atoms with Gasteiger partial charge in [-0.3, -0.25) is 19.3 Å². The summed E-state index contributed by atoms with van der Waals surface area (Å²) in [5.41, 5.74) is 0.994. The average molecular weight is 491 g/mol. The fourth-order valence-corrected chi connectivity index (χ4v) is 5.57. The molecule has 1 aromatic heterocycles. The molecule has 1 aliphatic heterocycles. The Morgan fingerprint density at radius 2 is 1.50 bits per heavy atom. The van der Waals surface area contributed by atoms with Crippen LogP contribution in [0.15, 0.2) is 47.5 Å². The Balaban J connectivity index is 1.22. The summed E-state index contributed by atoms with van der Waals surface area (Å²) in [4.78, 5) is 41.9. The van der Waals surface area contributed by atoms with Crippen LogP contribution in [0, 0.1) is 5.92 Å². The van der Waals surface area contributed by atoms with E-state index in [9.17, 15) is 14.4 Å². The Kier molecular flexibility index (Phi) is 7.85. The second-order valence-corrected chi connectivity index (χ2v) is 10.8. The smallest absolute Gasteiger partial charge is 0.256 e. The van der Waals surface area contributed by atoms with E-state index >= 15 is 0 Å². The van der Waals surface area contributed by atoms with E-state index in [0.717, 1.165) is 58.2 Å². The van der Waals surface area contributed by atoms with Crippen molar-refractivity contribution in [2.24, 2.45) is 5.92 Å². The number of rotatable bonds is 8. The van der Waals surface area contributed by atoms with Gasteiger partial charge in [-0.1, -0.05) is 49.6 Å². The monoisotopic (exact) mass is 490 g/mol. The van der Waals surface area contributed by atoms with E-state index in [1.54, 1.807) is 12.4 Å². The van der Waals surface area contributed by atoms with Gasteiger partial charge in [0.1, 0.15) is 11.1 Å². The Hall–Kier alpha value is -2.93. The molecule has 36 heavy (non-hydrogen) atoms. The highest BCUT2D eigenvalue weighted by atomic mass is 16.2. The summed E-state index contributed by atoms with van der Waals surface area (Å²) in [6.45, 7) is 3.30. The van der Waals surface area contributed by atoms with Crippen LogP contribution in [0.3, 0.4) is 0 Å². The lowest BCUT2D eigenvalue weighted by Crippen LogP contribution is -2.45. The first-order chi connectivity index (χ1) is 17.6. The zero-order chi connectivity index (χ0) is 24.9. The maximum absolute atomic E-state index is 13.3. The number of carbonyl (C=O) groups excluding carboxylic acids is 2. The molecule has 0 atom stereocenters. The number of hydrogen-bond acceptors (Lipinski definition) is 4. The van der Waals surface area contributed by atoms with Crippen LogP contribution in [0.5, 0.6) is 0 Å². The summed E-state index contributed by atoms with van der Waals surface area (Å²) >= 11 is 0. The van der Waals surface area contributed by atoms with Crippen LogP contribution in [0.25, 0.3) is 0 Å². The largest absolute Gasteiger partial charge is 0.352 e. The van der Waals surface area contributed by atoms with E-state index in [1.807, 2.05) is 10.6 Å². The first kappa shape index (κ1) is 24.8. The van der Waals surface area contributed by atoms with Crippen LogP contribution in [0.1, 0.15) is 90.1 Å². The van der Waals surface area contributed by atoms with Crippen LogP contribution in [0.4, 0.5) is 0 Å². The van der Waals surface area contributed by atoms with Crippen LogP contribution in [-0.4, -0.2) is 47.0 Å². The molecule has 0 radical (unpaired) electrons. The highest BCUT2D eigenvalue weighted by Gasteiger charge is 2.28. The van der Waals surface area contributed by atoms with Gasteiger partial charge >= 0.3 is 0 Å². The maximum atomic E-state index is 13.3. The zero-order valence-electron chi connectivity index (χ0n) is 21.1. The SMILES string of the molecule is O=C(NCC1CCCCC1)c1cn(C2CC2)cc(C(=O)NC2CCN(Cc3ccccc3)CC2)c1=O. The molecule has 192 valence electrons. The van der Waals surface area contributed by atoms with Gasteiger partial charge in [0.05, 0.1) is 0 Å². The molecule has 2 heterocycles. The number of hydrogen-bond donors (Lipinski definition) is 2. The molecule has 7 heteroatoms. The third kappa shape index (κ3) is 6.25. The molecule has 0 unspecified atom stereocenters. The van der Waals surface area contributed by atoms with E-state index in [-0.39, 0.29) is 35.0 Å².